The van der Waals surface area contributed by atoms with Crippen LogP contribution in [0, 0.1) is 15.9 Å². The van der Waals surface area contributed by atoms with Gasteiger partial charge in [-0.2, -0.15) is 0 Å². The maximum Gasteiger partial charge on any atom is 0.293 e. The molecule has 20 heavy (non-hydrogen) atoms. The highest BCUT2D eigenvalue weighted by Gasteiger charge is 2.24. The van der Waals surface area contributed by atoms with Gasteiger partial charge in [0.2, 0.25) is 0 Å². The van der Waals surface area contributed by atoms with Crippen molar-refractivity contribution in [1.82, 2.24) is 0 Å². The first-order valence-electron chi connectivity index (χ1n) is 6.64. The molecule has 1 aliphatic rings. The largest absolute Gasteiger partial charge is 0.375 e. The minimum atomic E-state index is -0.528. The number of hydrogen-bond donors (Lipinski definition) is 2. The molecule has 2 unspecified atom stereocenters. The van der Waals surface area contributed by atoms with E-state index in [4.69, 9.17) is 5.73 Å². The fraction of sp³-hybridized carbons (Fsp3) is 0.538. The van der Waals surface area contributed by atoms with E-state index in [2.05, 4.69) is 21.2 Å². The van der Waals surface area contributed by atoms with Gasteiger partial charge in [-0.3, -0.25) is 10.1 Å². The molecule has 2 rings (SSSR count). The van der Waals surface area contributed by atoms with Gasteiger partial charge in [0, 0.05) is 24.2 Å². The molecule has 1 fully saturated rings. The molecule has 0 amide bonds. The molecule has 1 aromatic rings. The fourth-order valence-corrected chi connectivity index (χ4v) is 2.85. The number of benzene rings is 1. The Bertz CT molecular complexity index is 513. The van der Waals surface area contributed by atoms with Gasteiger partial charge in [0.1, 0.15) is 11.5 Å². The summed E-state index contributed by atoms with van der Waals surface area (Å²) in [6.07, 6.45) is 4.93. The van der Waals surface area contributed by atoms with Crippen LogP contribution in [0.4, 0.5) is 15.8 Å². The first-order valence-corrected chi connectivity index (χ1v) is 7.44. The second-order valence-electron chi connectivity index (χ2n) is 5.09. The fourth-order valence-electron chi connectivity index (χ4n) is 2.52. The zero-order valence-corrected chi connectivity index (χ0v) is 12.5. The van der Waals surface area contributed by atoms with Crippen LogP contribution < -0.4 is 11.1 Å². The highest BCUT2D eigenvalue weighted by Crippen LogP contribution is 2.32. The van der Waals surface area contributed by atoms with E-state index < -0.39 is 10.7 Å². The number of nitrogens with zero attached hydrogens (tertiary/aromatic N) is 1. The first-order chi connectivity index (χ1) is 9.49. The molecule has 0 saturated heterocycles. The quantitative estimate of drug-likeness (QED) is 0.498. The van der Waals surface area contributed by atoms with Crippen molar-refractivity contribution in [2.45, 2.75) is 44.2 Å². The summed E-state index contributed by atoms with van der Waals surface area (Å²) in [6, 6.07) is 2.21. The van der Waals surface area contributed by atoms with E-state index in [-0.39, 0.29) is 27.9 Å². The topological polar surface area (TPSA) is 81.2 Å². The molecule has 0 heterocycles. The summed E-state index contributed by atoms with van der Waals surface area (Å²) in [7, 11) is 0. The molecule has 5 nitrogen and oxygen atoms in total. The second-order valence-corrected chi connectivity index (χ2v) is 5.95. The molecule has 7 heteroatoms. The molecule has 0 aromatic heterocycles. The lowest BCUT2D eigenvalue weighted by Crippen LogP contribution is -2.39. The molecule has 1 aliphatic carbocycles. The van der Waals surface area contributed by atoms with Crippen molar-refractivity contribution in [2.24, 2.45) is 5.73 Å². The van der Waals surface area contributed by atoms with Crippen LogP contribution in [-0.2, 0) is 0 Å². The van der Waals surface area contributed by atoms with Gasteiger partial charge < -0.3 is 11.1 Å². The normalized spacial score (nSPS) is 23.1. The van der Waals surface area contributed by atoms with Gasteiger partial charge in [-0.1, -0.05) is 19.3 Å². The van der Waals surface area contributed by atoms with Gasteiger partial charge in [-0.15, -0.1) is 0 Å². The van der Waals surface area contributed by atoms with Crippen LogP contribution >= 0.6 is 15.9 Å². The molecule has 0 radical (unpaired) electrons. The molecular weight excluding hydrogens is 329 g/mol. The predicted molar refractivity (Wildman–Crippen MR) is 79.2 cm³/mol. The summed E-state index contributed by atoms with van der Waals surface area (Å²) in [5.74, 6) is -0.528. The lowest BCUT2D eigenvalue weighted by atomic mass is 10.0. The highest BCUT2D eigenvalue weighted by molar-refractivity contribution is 9.10. The van der Waals surface area contributed by atoms with E-state index in [1.807, 2.05) is 0 Å². The number of nitro groups is 1. The van der Waals surface area contributed by atoms with Crippen molar-refractivity contribution in [1.29, 1.82) is 0 Å². The van der Waals surface area contributed by atoms with Crippen LogP contribution in [0.2, 0.25) is 0 Å². The van der Waals surface area contributed by atoms with Crippen molar-refractivity contribution >= 4 is 27.3 Å². The monoisotopic (exact) mass is 345 g/mol. The molecule has 0 spiro atoms. The van der Waals surface area contributed by atoms with Crippen LogP contribution in [0.5, 0.6) is 0 Å². The Labute approximate surface area is 125 Å². The number of halogens is 2. The predicted octanol–water partition coefficient (Wildman–Crippen LogP) is 3.57. The van der Waals surface area contributed by atoms with E-state index >= 15 is 0 Å². The lowest BCUT2D eigenvalue weighted by Gasteiger charge is -2.23. The van der Waals surface area contributed by atoms with Crippen molar-refractivity contribution in [3.8, 4) is 0 Å². The number of nitro benzene ring substituents is 1. The number of nitrogens with one attached hydrogen (secondary N) is 1. The van der Waals surface area contributed by atoms with Gasteiger partial charge in [-0.05, 0) is 28.8 Å². The molecule has 0 bridgehead atoms. The minimum absolute atomic E-state index is 0.0585. The molecule has 3 N–H and O–H groups in total. The van der Waals surface area contributed by atoms with Gasteiger partial charge >= 0.3 is 0 Å². The van der Waals surface area contributed by atoms with E-state index in [0.717, 1.165) is 38.2 Å². The summed E-state index contributed by atoms with van der Waals surface area (Å²) in [5, 5.41) is 14.1. The molecule has 2 atom stereocenters. The van der Waals surface area contributed by atoms with Crippen molar-refractivity contribution in [3.63, 3.8) is 0 Å². The van der Waals surface area contributed by atoms with Crippen molar-refractivity contribution in [3.05, 3.63) is 32.5 Å². The number of nitrogens with two attached hydrogens (primary N) is 1. The Morgan fingerprint density at radius 1 is 1.35 bits per heavy atom. The molecule has 0 aliphatic heterocycles. The SMILES string of the molecule is NC1CCCCCC1Nc1cc(F)c(Br)cc1[N+](=O)[O-]. The summed E-state index contributed by atoms with van der Waals surface area (Å²) >= 11 is 2.97. The third-order valence-electron chi connectivity index (χ3n) is 3.65. The molecule has 1 aromatic carbocycles. The van der Waals surface area contributed by atoms with Gasteiger partial charge in [0.05, 0.1) is 9.40 Å². The Morgan fingerprint density at radius 3 is 2.75 bits per heavy atom. The van der Waals surface area contributed by atoms with Crippen LogP contribution in [0.3, 0.4) is 0 Å². The standard InChI is InChI=1S/C13H17BrFN3O2/c14-8-6-13(18(19)20)12(7-9(8)15)17-11-5-3-1-2-4-10(11)16/h6-7,10-11,17H,1-5,16H2. The Balaban J connectivity index is 2.27. The number of hydrogen-bond acceptors (Lipinski definition) is 4. The minimum Gasteiger partial charge on any atom is -0.375 e. The van der Waals surface area contributed by atoms with Crippen molar-refractivity contribution in [2.75, 3.05) is 5.32 Å². The number of anilines is 1. The summed E-state index contributed by atoms with van der Waals surface area (Å²) in [5.41, 5.74) is 6.13. The van der Waals surface area contributed by atoms with Gasteiger partial charge in [0.15, 0.2) is 0 Å². The van der Waals surface area contributed by atoms with Crippen molar-refractivity contribution < 1.29 is 9.31 Å². The van der Waals surface area contributed by atoms with E-state index in [1.165, 1.54) is 6.07 Å². The molecule has 1 saturated carbocycles. The summed E-state index contributed by atoms with van der Waals surface area (Å²) < 4.78 is 13.7. The van der Waals surface area contributed by atoms with Crippen LogP contribution in [0.25, 0.3) is 0 Å². The van der Waals surface area contributed by atoms with E-state index in [1.54, 1.807) is 0 Å². The zero-order valence-electron chi connectivity index (χ0n) is 10.9. The van der Waals surface area contributed by atoms with Crippen LogP contribution in [-0.4, -0.2) is 17.0 Å². The zero-order chi connectivity index (χ0) is 14.7. The second kappa shape index (κ2) is 6.49. The van der Waals surface area contributed by atoms with Gasteiger partial charge in [-0.25, -0.2) is 4.39 Å². The van der Waals surface area contributed by atoms with Gasteiger partial charge in [0.25, 0.3) is 5.69 Å². The maximum atomic E-state index is 13.6. The third-order valence-corrected chi connectivity index (χ3v) is 4.25. The van der Waals surface area contributed by atoms with Crippen LogP contribution in [0.1, 0.15) is 32.1 Å². The highest BCUT2D eigenvalue weighted by atomic mass is 79.9. The van der Waals surface area contributed by atoms with E-state index in [9.17, 15) is 14.5 Å². The van der Waals surface area contributed by atoms with E-state index in [0.29, 0.717) is 0 Å². The third kappa shape index (κ3) is 3.46. The average molecular weight is 346 g/mol. The smallest absolute Gasteiger partial charge is 0.293 e. The lowest BCUT2D eigenvalue weighted by molar-refractivity contribution is -0.384. The Hall–Kier alpha value is -1.21. The Kier molecular flexibility index (Phi) is 4.93. The Morgan fingerprint density at radius 2 is 2.05 bits per heavy atom. The number of rotatable bonds is 3. The molecular formula is C13H17BrFN3O2. The molecule has 110 valence electrons. The summed E-state index contributed by atoms with van der Waals surface area (Å²) in [6.45, 7) is 0. The van der Waals surface area contributed by atoms with Crippen LogP contribution in [0.15, 0.2) is 16.6 Å². The average Bonchev–Trinajstić information content (AvgIpc) is 2.59. The maximum absolute atomic E-state index is 13.6. The first kappa shape index (κ1) is 15.2. The summed E-state index contributed by atoms with van der Waals surface area (Å²) in [4.78, 5) is 10.5.